The number of para-hydroxylation sites is 1. The number of rotatable bonds is 6. The number of carbonyl (C=O) groups excluding carboxylic acids is 3. The fourth-order valence-corrected chi connectivity index (χ4v) is 5.79. The molecular formula is C22H26N4O4S. The number of carbonyl (C=O) groups is 3. The number of anilines is 1. The average Bonchev–Trinajstić information content (AvgIpc) is 3.54. The van der Waals surface area contributed by atoms with E-state index in [1.165, 1.54) is 16.2 Å². The van der Waals surface area contributed by atoms with Crippen molar-refractivity contribution in [3.05, 3.63) is 24.3 Å². The van der Waals surface area contributed by atoms with Crippen molar-refractivity contribution in [1.82, 2.24) is 15.2 Å². The molecule has 1 aromatic heterocycles. The number of hydrogen-bond acceptors (Lipinski definition) is 6. The van der Waals surface area contributed by atoms with E-state index < -0.39 is 5.54 Å². The third-order valence-corrected chi connectivity index (χ3v) is 7.54. The second-order valence-corrected chi connectivity index (χ2v) is 9.54. The van der Waals surface area contributed by atoms with Gasteiger partial charge in [0.1, 0.15) is 5.54 Å². The third-order valence-electron chi connectivity index (χ3n) is 6.48. The zero-order valence-electron chi connectivity index (χ0n) is 17.3. The first-order valence-electron chi connectivity index (χ1n) is 11.0. The molecule has 1 aromatic carbocycles. The van der Waals surface area contributed by atoms with Gasteiger partial charge in [0, 0.05) is 19.6 Å². The molecule has 164 valence electrons. The van der Waals surface area contributed by atoms with E-state index >= 15 is 0 Å². The summed E-state index contributed by atoms with van der Waals surface area (Å²) in [6.45, 7) is 1.22. The summed E-state index contributed by atoms with van der Waals surface area (Å²) in [5.74, 6) is -0.337. The summed E-state index contributed by atoms with van der Waals surface area (Å²) < 4.78 is 6.77. The number of imide groups is 1. The Labute approximate surface area is 184 Å². The van der Waals surface area contributed by atoms with Gasteiger partial charge in [-0.05, 0) is 37.8 Å². The summed E-state index contributed by atoms with van der Waals surface area (Å²) in [5, 5.41) is 3.50. The smallest absolute Gasteiger partial charge is 0.325 e. The number of nitrogens with one attached hydrogen (secondary N) is 1. The summed E-state index contributed by atoms with van der Waals surface area (Å²) in [5.41, 5.74) is 0.106. The molecule has 1 atom stereocenters. The van der Waals surface area contributed by atoms with Gasteiger partial charge in [0.2, 0.25) is 5.91 Å². The number of urea groups is 1. The Hall–Kier alpha value is -2.52. The minimum absolute atomic E-state index is 0.0190. The highest BCUT2D eigenvalue weighted by atomic mass is 32.1. The van der Waals surface area contributed by atoms with Gasteiger partial charge in [-0.15, -0.1) is 0 Å². The molecule has 2 saturated heterocycles. The monoisotopic (exact) mass is 442 g/mol. The maximum atomic E-state index is 13.3. The molecule has 0 radical (unpaired) electrons. The van der Waals surface area contributed by atoms with Gasteiger partial charge in [-0.2, -0.15) is 0 Å². The van der Waals surface area contributed by atoms with Crippen LogP contribution in [0, 0.1) is 0 Å². The third kappa shape index (κ3) is 3.80. The molecule has 3 heterocycles. The van der Waals surface area contributed by atoms with Gasteiger partial charge >= 0.3 is 6.03 Å². The van der Waals surface area contributed by atoms with E-state index in [0.29, 0.717) is 31.1 Å². The molecule has 5 rings (SSSR count). The predicted octanol–water partition coefficient (Wildman–Crippen LogP) is 3.06. The van der Waals surface area contributed by atoms with Crippen LogP contribution in [0.4, 0.5) is 9.93 Å². The Bertz CT molecular complexity index is 977. The Morgan fingerprint density at radius 3 is 2.81 bits per heavy atom. The molecule has 9 heteroatoms. The van der Waals surface area contributed by atoms with E-state index in [9.17, 15) is 14.4 Å². The lowest BCUT2D eigenvalue weighted by molar-refractivity contribution is -0.131. The van der Waals surface area contributed by atoms with E-state index in [1.54, 1.807) is 4.90 Å². The molecule has 31 heavy (non-hydrogen) atoms. The molecule has 4 amide bonds. The first-order chi connectivity index (χ1) is 15.1. The van der Waals surface area contributed by atoms with E-state index in [2.05, 4.69) is 10.3 Å². The molecule has 8 nitrogen and oxygen atoms in total. The number of amides is 4. The van der Waals surface area contributed by atoms with Crippen molar-refractivity contribution in [2.45, 2.75) is 56.6 Å². The van der Waals surface area contributed by atoms with Gasteiger partial charge < -0.3 is 10.1 Å². The van der Waals surface area contributed by atoms with Crippen molar-refractivity contribution in [3.8, 4) is 0 Å². The van der Waals surface area contributed by atoms with Crippen LogP contribution in [-0.4, -0.2) is 59.1 Å². The number of ether oxygens (including phenoxy) is 1. The molecule has 3 fully saturated rings. The van der Waals surface area contributed by atoms with Crippen molar-refractivity contribution < 1.29 is 19.1 Å². The zero-order chi connectivity index (χ0) is 21.4. The van der Waals surface area contributed by atoms with Gasteiger partial charge in [0.25, 0.3) is 5.91 Å². The summed E-state index contributed by atoms with van der Waals surface area (Å²) in [4.78, 5) is 46.1. The van der Waals surface area contributed by atoms with Crippen molar-refractivity contribution >= 4 is 44.5 Å². The Morgan fingerprint density at radius 2 is 2.06 bits per heavy atom. The van der Waals surface area contributed by atoms with Crippen LogP contribution in [0.5, 0.6) is 0 Å². The standard InChI is InChI=1S/C22H26N4O4S/c27-18(9-12-25-19(28)22(24-20(25)29)10-3-4-11-22)26(14-15-6-5-13-30-15)21-23-16-7-1-2-8-17(16)31-21/h1-2,7-8,15H,3-6,9-14H2,(H,24,29). The molecular weight excluding hydrogens is 416 g/mol. The summed E-state index contributed by atoms with van der Waals surface area (Å²) in [6, 6.07) is 7.41. The van der Waals surface area contributed by atoms with Crippen LogP contribution >= 0.6 is 11.3 Å². The van der Waals surface area contributed by atoms with Crippen molar-refractivity contribution in [3.63, 3.8) is 0 Å². The van der Waals surface area contributed by atoms with Crippen LogP contribution in [0.2, 0.25) is 0 Å². The normalized spacial score (nSPS) is 22.6. The van der Waals surface area contributed by atoms with Crippen LogP contribution in [-0.2, 0) is 14.3 Å². The zero-order valence-corrected chi connectivity index (χ0v) is 18.2. The maximum Gasteiger partial charge on any atom is 0.325 e. The minimum atomic E-state index is -0.745. The molecule has 0 bridgehead atoms. The quantitative estimate of drug-likeness (QED) is 0.694. The number of nitrogens with zero attached hydrogens (tertiary/aromatic N) is 3. The minimum Gasteiger partial charge on any atom is -0.376 e. The first kappa shape index (κ1) is 20.4. The topological polar surface area (TPSA) is 91.8 Å². The second-order valence-electron chi connectivity index (χ2n) is 8.53. The van der Waals surface area contributed by atoms with Gasteiger partial charge in [-0.1, -0.05) is 36.3 Å². The van der Waals surface area contributed by atoms with Crippen LogP contribution in [0.3, 0.4) is 0 Å². The number of thiazole rings is 1. The van der Waals surface area contributed by atoms with E-state index in [4.69, 9.17) is 4.74 Å². The molecule has 1 unspecified atom stereocenters. The van der Waals surface area contributed by atoms with Crippen LogP contribution < -0.4 is 10.2 Å². The Kier molecular flexibility index (Phi) is 5.39. The lowest BCUT2D eigenvalue weighted by atomic mass is 9.98. The molecule has 2 aliphatic heterocycles. The van der Waals surface area contributed by atoms with E-state index in [-0.39, 0.29) is 36.9 Å². The van der Waals surface area contributed by atoms with Crippen molar-refractivity contribution in [2.24, 2.45) is 0 Å². The van der Waals surface area contributed by atoms with Crippen LogP contribution in [0.25, 0.3) is 10.2 Å². The summed E-state index contributed by atoms with van der Waals surface area (Å²) >= 11 is 1.47. The molecule has 1 spiro atoms. The largest absolute Gasteiger partial charge is 0.376 e. The van der Waals surface area contributed by atoms with Crippen molar-refractivity contribution in [2.75, 3.05) is 24.6 Å². The predicted molar refractivity (Wildman–Crippen MR) is 117 cm³/mol. The highest BCUT2D eigenvalue weighted by molar-refractivity contribution is 7.22. The first-order valence-corrected chi connectivity index (χ1v) is 11.8. The van der Waals surface area contributed by atoms with Crippen LogP contribution in [0.1, 0.15) is 44.9 Å². The lowest BCUT2D eigenvalue weighted by Gasteiger charge is -2.24. The van der Waals surface area contributed by atoms with E-state index in [1.807, 2.05) is 24.3 Å². The molecule has 2 aromatic rings. The Morgan fingerprint density at radius 1 is 1.26 bits per heavy atom. The molecule has 1 saturated carbocycles. The fraction of sp³-hybridized carbons (Fsp3) is 0.545. The highest BCUT2D eigenvalue weighted by Gasteiger charge is 2.52. The van der Waals surface area contributed by atoms with Crippen molar-refractivity contribution in [1.29, 1.82) is 0 Å². The number of fused-ring (bicyclic) bond motifs is 1. The number of benzene rings is 1. The molecule has 1 N–H and O–H groups in total. The Balaban J connectivity index is 1.32. The van der Waals surface area contributed by atoms with E-state index in [0.717, 1.165) is 35.9 Å². The number of aromatic nitrogens is 1. The van der Waals surface area contributed by atoms with Crippen LogP contribution in [0.15, 0.2) is 24.3 Å². The highest BCUT2D eigenvalue weighted by Crippen LogP contribution is 2.35. The molecule has 1 aliphatic carbocycles. The van der Waals surface area contributed by atoms with Gasteiger partial charge in [0.15, 0.2) is 5.13 Å². The maximum absolute atomic E-state index is 13.3. The SMILES string of the molecule is O=C1NC2(CCCC2)C(=O)N1CCC(=O)N(CC1CCCO1)c1nc2ccccc2s1. The second kappa shape index (κ2) is 8.20. The molecule has 3 aliphatic rings. The summed E-state index contributed by atoms with van der Waals surface area (Å²) in [6.07, 6.45) is 5.17. The van der Waals surface area contributed by atoms with Gasteiger partial charge in [-0.25, -0.2) is 9.78 Å². The van der Waals surface area contributed by atoms with Gasteiger partial charge in [0.05, 0.1) is 22.9 Å². The summed E-state index contributed by atoms with van der Waals surface area (Å²) in [7, 11) is 0. The fourth-order valence-electron chi connectivity index (χ4n) is 4.79. The number of hydrogen-bond donors (Lipinski definition) is 1. The average molecular weight is 443 g/mol. The van der Waals surface area contributed by atoms with Gasteiger partial charge in [-0.3, -0.25) is 19.4 Å². The lowest BCUT2D eigenvalue weighted by Crippen LogP contribution is -2.44.